The fraction of sp³-hybridized carbons (Fsp3) is 0.889. The van der Waals surface area contributed by atoms with Gasteiger partial charge in [-0.1, -0.05) is 0 Å². The molecule has 1 aliphatic carbocycles. The monoisotopic (exact) mass is 186 g/mol. The molecule has 0 bridgehead atoms. The average Bonchev–Trinajstić information content (AvgIpc) is 2.15. The van der Waals surface area contributed by atoms with Crippen LogP contribution in [0, 0.1) is 5.41 Å². The molecule has 13 heavy (non-hydrogen) atoms. The van der Waals surface area contributed by atoms with Gasteiger partial charge in [-0.3, -0.25) is 5.41 Å². The summed E-state index contributed by atoms with van der Waals surface area (Å²) in [7, 11) is 1.73. The molecule has 1 fully saturated rings. The van der Waals surface area contributed by atoms with E-state index in [0.29, 0.717) is 6.10 Å². The average molecular weight is 186 g/mol. The minimum atomic E-state index is 0.0968. The van der Waals surface area contributed by atoms with Crippen molar-refractivity contribution in [2.45, 2.75) is 37.9 Å². The van der Waals surface area contributed by atoms with Gasteiger partial charge in [0.15, 0.2) is 0 Å². The van der Waals surface area contributed by atoms with E-state index in [9.17, 15) is 0 Å². The summed E-state index contributed by atoms with van der Waals surface area (Å²) in [4.78, 5) is 0. The highest BCUT2D eigenvalue weighted by atomic mass is 16.5. The Morgan fingerprint density at radius 1 is 1.46 bits per heavy atom. The van der Waals surface area contributed by atoms with E-state index in [2.05, 4.69) is 0 Å². The lowest BCUT2D eigenvalue weighted by atomic mass is 9.95. The van der Waals surface area contributed by atoms with Crippen molar-refractivity contribution in [1.29, 1.82) is 5.41 Å². The van der Waals surface area contributed by atoms with Gasteiger partial charge in [-0.2, -0.15) is 0 Å². The number of hydrogen-bond donors (Lipinski definition) is 2. The second-order valence-corrected chi connectivity index (χ2v) is 3.48. The van der Waals surface area contributed by atoms with Crippen LogP contribution in [0.4, 0.5) is 0 Å². The van der Waals surface area contributed by atoms with Crippen LogP contribution < -0.4 is 5.73 Å². The lowest BCUT2D eigenvalue weighted by Crippen LogP contribution is -2.30. The summed E-state index contributed by atoms with van der Waals surface area (Å²) >= 11 is 0. The summed E-state index contributed by atoms with van der Waals surface area (Å²) in [5, 5.41) is 7.03. The molecule has 2 atom stereocenters. The topological polar surface area (TPSA) is 68.3 Å². The van der Waals surface area contributed by atoms with Crippen molar-refractivity contribution >= 4 is 5.84 Å². The van der Waals surface area contributed by atoms with Crippen LogP contribution in [0.25, 0.3) is 0 Å². The van der Waals surface area contributed by atoms with Crippen LogP contribution in [-0.2, 0) is 9.47 Å². The third-order valence-corrected chi connectivity index (χ3v) is 2.39. The van der Waals surface area contributed by atoms with E-state index in [1.807, 2.05) is 0 Å². The number of amidine groups is 1. The predicted octanol–water partition coefficient (Wildman–Crippen LogP) is 0.897. The molecular formula is C9H18N2O2. The molecular weight excluding hydrogens is 168 g/mol. The first kappa shape index (κ1) is 10.5. The Bertz CT molecular complexity index is 173. The molecule has 1 saturated carbocycles. The lowest BCUT2D eigenvalue weighted by molar-refractivity contribution is -0.0177. The Balaban J connectivity index is 2.21. The van der Waals surface area contributed by atoms with Crippen molar-refractivity contribution in [3.05, 3.63) is 0 Å². The summed E-state index contributed by atoms with van der Waals surface area (Å²) in [6, 6.07) is 0. The molecule has 2 unspecified atom stereocenters. The van der Waals surface area contributed by atoms with E-state index in [0.717, 1.165) is 25.7 Å². The maximum Gasteiger partial charge on any atom is 0.117 e. The van der Waals surface area contributed by atoms with E-state index in [4.69, 9.17) is 20.6 Å². The van der Waals surface area contributed by atoms with Gasteiger partial charge in [-0.25, -0.2) is 0 Å². The Kier molecular flexibility index (Phi) is 4.18. The second-order valence-electron chi connectivity index (χ2n) is 3.48. The maximum absolute atomic E-state index is 7.03. The number of nitrogens with two attached hydrogens (primary N) is 1. The summed E-state index contributed by atoms with van der Waals surface area (Å²) in [6.07, 6.45) is 4.81. The summed E-state index contributed by atoms with van der Waals surface area (Å²) in [6.45, 7) is 0.251. The fourth-order valence-electron chi connectivity index (χ4n) is 1.68. The molecule has 1 aliphatic rings. The molecule has 3 N–H and O–H groups in total. The van der Waals surface area contributed by atoms with Crippen LogP contribution in [0.5, 0.6) is 0 Å². The largest absolute Gasteiger partial charge is 0.386 e. The van der Waals surface area contributed by atoms with Crippen molar-refractivity contribution in [2.75, 3.05) is 13.7 Å². The van der Waals surface area contributed by atoms with E-state index >= 15 is 0 Å². The molecule has 0 radical (unpaired) electrons. The van der Waals surface area contributed by atoms with Crippen LogP contribution in [0.1, 0.15) is 25.7 Å². The highest BCUT2D eigenvalue weighted by Gasteiger charge is 2.21. The van der Waals surface area contributed by atoms with Crippen LogP contribution in [0.3, 0.4) is 0 Å². The molecule has 0 aromatic carbocycles. The van der Waals surface area contributed by atoms with E-state index in [-0.39, 0.29) is 18.5 Å². The SMILES string of the molecule is COC1CCCC(OCC(=N)N)C1. The first-order valence-corrected chi connectivity index (χ1v) is 4.69. The van der Waals surface area contributed by atoms with Crippen LogP contribution in [0.2, 0.25) is 0 Å². The number of methoxy groups -OCH3 is 1. The van der Waals surface area contributed by atoms with E-state index < -0.39 is 0 Å². The zero-order valence-electron chi connectivity index (χ0n) is 8.08. The zero-order chi connectivity index (χ0) is 9.68. The fourth-order valence-corrected chi connectivity index (χ4v) is 1.68. The summed E-state index contributed by atoms with van der Waals surface area (Å²) in [5.74, 6) is 0.0968. The van der Waals surface area contributed by atoms with Crippen LogP contribution in [0.15, 0.2) is 0 Å². The van der Waals surface area contributed by atoms with Crippen molar-refractivity contribution in [3.63, 3.8) is 0 Å². The third kappa shape index (κ3) is 3.74. The number of hydrogen-bond acceptors (Lipinski definition) is 3. The Morgan fingerprint density at radius 3 is 2.77 bits per heavy atom. The summed E-state index contributed by atoms with van der Waals surface area (Å²) < 4.78 is 10.7. The predicted molar refractivity (Wildman–Crippen MR) is 50.9 cm³/mol. The molecule has 76 valence electrons. The molecule has 0 aromatic rings. The molecule has 0 aliphatic heterocycles. The van der Waals surface area contributed by atoms with E-state index in [1.165, 1.54) is 0 Å². The van der Waals surface area contributed by atoms with Crippen molar-refractivity contribution < 1.29 is 9.47 Å². The molecule has 1 rings (SSSR count). The lowest BCUT2D eigenvalue weighted by Gasteiger charge is -2.27. The van der Waals surface area contributed by atoms with Gasteiger partial charge in [0.05, 0.1) is 12.2 Å². The van der Waals surface area contributed by atoms with Gasteiger partial charge in [0, 0.05) is 7.11 Å². The first-order chi connectivity index (χ1) is 6.22. The molecule has 0 heterocycles. The van der Waals surface area contributed by atoms with Gasteiger partial charge in [0.25, 0.3) is 0 Å². The number of ether oxygens (including phenoxy) is 2. The van der Waals surface area contributed by atoms with Gasteiger partial charge in [0.2, 0.25) is 0 Å². The van der Waals surface area contributed by atoms with Crippen molar-refractivity contribution in [2.24, 2.45) is 5.73 Å². The minimum absolute atomic E-state index is 0.0968. The highest BCUT2D eigenvalue weighted by Crippen LogP contribution is 2.22. The van der Waals surface area contributed by atoms with E-state index in [1.54, 1.807) is 7.11 Å². The maximum atomic E-state index is 7.03. The summed E-state index contributed by atoms with van der Waals surface area (Å²) in [5.41, 5.74) is 5.20. The van der Waals surface area contributed by atoms with Crippen molar-refractivity contribution in [1.82, 2.24) is 0 Å². The number of nitrogens with one attached hydrogen (secondary N) is 1. The van der Waals surface area contributed by atoms with Gasteiger partial charge < -0.3 is 15.2 Å². The zero-order valence-corrected chi connectivity index (χ0v) is 8.08. The highest BCUT2D eigenvalue weighted by molar-refractivity contribution is 5.78. The first-order valence-electron chi connectivity index (χ1n) is 4.69. The van der Waals surface area contributed by atoms with Gasteiger partial charge >= 0.3 is 0 Å². The van der Waals surface area contributed by atoms with Gasteiger partial charge in [0.1, 0.15) is 12.4 Å². The molecule has 0 saturated heterocycles. The molecule has 0 spiro atoms. The Hall–Kier alpha value is -0.610. The molecule has 0 amide bonds. The van der Waals surface area contributed by atoms with Gasteiger partial charge in [-0.15, -0.1) is 0 Å². The Labute approximate surface area is 78.9 Å². The van der Waals surface area contributed by atoms with Crippen LogP contribution in [-0.4, -0.2) is 31.8 Å². The molecule has 4 heteroatoms. The van der Waals surface area contributed by atoms with Crippen LogP contribution >= 0.6 is 0 Å². The van der Waals surface area contributed by atoms with Crippen molar-refractivity contribution in [3.8, 4) is 0 Å². The molecule has 0 aromatic heterocycles. The smallest absolute Gasteiger partial charge is 0.117 e. The minimum Gasteiger partial charge on any atom is -0.386 e. The second kappa shape index (κ2) is 5.19. The third-order valence-electron chi connectivity index (χ3n) is 2.39. The number of rotatable bonds is 4. The standard InChI is InChI=1S/C9H18N2O2/c1-12-7-3-2-4-8(5-7)13-6-9(10)11/h7-8H,2-6H2,1H3,(H3,10,11). The Morgan fingerprint density at radius 2 is 2.15 bits per heavy atom. The quantitative estimate of drug-likeness (QED) is 0.506. The normalized spacial score (nSPS) is 28.7. The molecule has 4 nitrogen and oxygen atoms in total. The van der Waals surface area contributed by atoms with Gasteiger partial charge in [-0.05, 0) is 25.7 Å².